The lowest BCUT2D eigenvalue weighted by Crippen LogP contribution is -1.93. The summed E-state index contributed by atoms with van der Waals surface area (Å²) in [7, 11) is 1.50. The molecule has 0 bridgehead atoms. The van der Waals surface area contributed by atoms with Gasteiger partial charge in [-0.2, -0.15) is 0 Å². The van der Waals surface area contributed by atoms with Crippen LogP contribution in [-0.2, 0) is 0 Å². The van der Waals surface area contributed by atoms with E-state index in [2.05, 4.69) is 6.58 Å². The van der Waals surface area contributed by atoms with E-state index in [1.807, 2.05) is 0 Å². The second-order valence-corrected chi connectivity index (χ2v) is 5.77. The molecule has 3 aromatic rings. The molecule has 138 valence electrons. The summed E-state index contributed by atoms with van der Waals surface area (Å²) < 4.78 is 54.3. The molecule has 0 unspecified atom stereocenters. The summed E-state index contributed by atoms with van der Waals surface area (Å²) in [4.78, 5) is 0. The fourth-order valence-electron chi connectivity index (χ4n) is 2.66. The zero-order valence-electron chi connectivity index (χ0n) is 14.6. The maximum Gasteiger partial charge on any atom is 0.169 e. The fourth-order valence-corrected chi connectivity index (χ4v) is 2.66. The highest BCUT2D eigenvalue weighted by molar-refractivity contribution is 5.91. The van der Waals surface area contributed by atoms with Crippen molar-refractivity contribution in [2.75, 3.05) is 13.7 Å². The largest absolute Gasteiger partial charge is 0.497 e. The van der Waals surface area contributed by atoms with E-state index in [1.165, 1.54) is 49.6 Å². The van der Waals surface area contributed by atoms with Gasteiger partial charge in [-0.3, -0.25) is 0 Å². The Hall–Kier alpha value is -3.21. The number of methoxy groups -OCH3 is 1. The average molecular weight is 370 g/mol. The van der Waals surface area contributed by atoms with Gasteiger partial charge in [0.1, 0.15) is 23.9 Å². The smallest absolute Gasteiger partial charge is 0.169 e. The molecular weight excluding hydrogens is 353 g/mol. The van der Waals surface area contributed by atoms with Crippen LogP contribution >= 0.6 is 0 Å². The van der Waals surface area contributed by atoms with Gasteiger partial charge in [0.2, 0.25) is 0 Å². The maximum atomic E-state index is 14.7. The van der Waals surface area contributed by atoms with E-state index in [1.54, 1.807) is 18.2 Å². The van der Waals surface area contributed by atoms with Gasteiger partial charge in [-0.25, -0.2) is 13.2 Å². The normalized spacial score (nSPS) is 11.9. The molecule has 0 aliphatic heterocycles. The highest BCUT2D eigenvalue weighted by atomic mass is 19.2. The van der Waals surface area contributed by atoms with Gasteiger partial charge in [-0.15, -0.1) is 0 Å². The van der Waals surface area contributed by atoms with Gasteiger partial charge in [-0.1, -0.05) is 18.7 Å². The number of rotatable bonds is 6. The lowest BCUT2D eigenvalue weighted by Gasteiger charge is -2.08. The molecule has 27 heavy (non-hydrogen) atoms. The van der Waals surface area contributed by atoms with E-state index in [4.69, 9.17) is 9.47 Å². The summed E-state index contributed by atoms with van der Waals surface area (Å²) in [5, 5.41) is 0.719. The molecule has 5 heteroatoms. The molecular formula is C22H17F3O2. The number of ether oxygens (including phenoxy) is 2. The summed E-state index contributed by atoms with van der Waals surface area (Å²) in [6.07, 6.45) is 1.58. The minimum absolute atomic E-state index is 0.00678. The summed E-state index contributed by atoms with van der Waals surface area (Å²) in [5.41, 5.74) is -0.440. The summed E-state index contributed by atoms with van der Waals surface area (Å²) in [5.74, 6) is -2.18. The van der Waals surface area contributed by atoms with Crippen molar-refractivity contribution in [1.29, 1.82) is 0 Å². The first-order valence-electron chi connectivity index (χ1n) is 8.21. The van der Waals surface area contributed by atoms with E-state index in [0.717, 1.165) is 0 Å². The van der Waals surface area contributed by atoms with Crippen molar-refractivity contribution < 1.29 is 22.6 Å². The molecule has 0 heterocycles. The maximum absolute atomic E-state index is 14.7. The Morgan fingerprint density at radius 1 is 0.963 bits per heavy atom. The Balaban J connectivity index is 1.98. The van der Waals surface area contributed by atoms with Crippen molar-refractivity contribution in [3.63, 3.8) is 0 Å². The minimum atomic E-state index is -1.26. The number of benzene rings is 3. The Labute approximate surface area is 155 Å². The summed E-state index contributed by atoms with van der Waals surface area (Å²) >= 11 is 0. The molecule has 0 aliphatic rings. The molecule has 2 nitrogen and oxygen atoms in total. The number of hydrogen-bond donors (Lipinski definition) is 0. The summed E-state index contributed by atoms with van der Waals surface area (Å²) in [6, 6.07) is 13.2. The third-order valence-electron chi connectivity index (χ3n) is 4.07. The first kappa shape index (κ1) is 18.6. The molecule has 0 aliphatic carbocycles. The van der Waals surface area contributed by atoms with E-state index in [0.29, 0.717) is 23.5 Å². The molecule has 0 N–H and O–H groups in total. The molecule has 0 amide bonds. The lowest BCUT2D eigenvalue weighted by molar-refractivity contribution is 0.363. The average Bonchev–Trinajstić information content (AvgIpc) is 2.71. The van der Waals surface area contributed by atoms with E-state index >= 15 is 0 Å². The van der Waals surface area contributed by atoms with Crippen LogP contribution in [0.3, 0.4) is 0 Å². The first-order chi connectivity index (χ1) is 13.0. The highest BCUT2D eigenvalue weighted by Crippen LogP contribution is 2.34. The highest BCUT2D eigenvalue weighted by Gasteiger charge is 2.17. The summed E-state index contributed by atoms with van der Waals surface area (Å²) in [6.45, 7) is 3.84. The number of fused-ring (bicyclic) bond motifs is 1. The van der Waals surface area contributed by atoms with Crippen LogP contribution in [0.2, 0.25) is 0 Å². The van der Waals surface area contributed by atoms with Crippen molar-refractivity contribution in [3.8, 4) is 11.5 Å². The molecule has 0 aromatic heterocycles. The van der Waals surface area contributed by atoms with Crippen molar-refractivity contribution >= 4 is 22.4 Å². The van der Waals surface area contributed by atoms with Crippen molar-refractivity contribution in [1.82, 2.24) is 0 Å². The van der Waals surface area contributed by atoms with Crippen LogP contribution in [0.1, 0.15) is 11.1 Å². The van der Waals surface area contributed by atoms with Crippen molar-refractivity contribution in [3.05, 3.63) is 84.2 Å². The Morgan fingerprint density at radius 3 is 2.33 bits per heavy atom. The quantitative estimate of drug-likeness (QED) is 0.373. The zero-order chi connectivity index (χ0) is 19.4. The first-order valence-corrected chi connectivity index (χ1v) is 8.21. The lowest BCUT2D eigenvalue weighted by atomic mass is 10.0. The molecule has 0 saturated heterocycles. The fraction of sp³-hybridized carbons (Fsp3) is 0.0909. The monoisotopic (exact) mass is 370 g/mol. The van der Waals surface area contributed by atoms with Gasteiger partial charge in [0, 0.05) is 16.5 Å². The second kappa shape index (κ2) is 7.99. The predicted octanol–water partition coefficient (Wildman–Crippen LogP) is 6.32. The van der Waals surface area contributed by atoms with E-state index in [-0.39, 0.29) is 10.9 Å². The standard InChI is InChI=1S/C22H17F3O2/c1-3-12-27-16-7-4-14(5-8-16)20(23)22(25)19-10-6-15-13-17(26-2)9-11-18(15)21(19)24/h3-11,13H,1,12H2,2H3. The van der Waals surface area contributed by atoms with Gasteiger partial charge in [0.15, 0.2) is 11.7 Å². The molecule has 0 fully saturated rings. The van der Waals surface area contributed by atoms with Crippen LogP contribution in [-0.4, -0.2) is 13.7 Å². The van der Waals surface area contributed by atoms with Gasteiger partial charge in [0.25, 0.3) is 0 Å². The SMILES string of the molecule is C=CCOc1ccc(C(F)=C(F)c2ccc3cc(OC)ccc3c2F)cc1. The van der Waals surface area contributed by atoms with E-state index < -0.39 is 23.0 Å². The van der Waals surface area contributed by atoms with Crippen molar-refractivity contribution in [2.24, 2.45) is 0 Å². The third-order valence-corrected chi connectivity index (χ3v) is 4.07. The number of halogens is 3. The molecule has 0 radical (unpaired) electrons. The third kappa shape index (κ3) is 3.82. The van der Waals surface area contributed by atoms with Crippen LogP contribution in [0.15, 0.2) is 67.3 Å². The number of hydrogen-bond acceptors (Lipinski definition) is 2. The van der Waals surface area contributed by atoms with Crippen molar-refractivity contribution in [2.45, 2.75) is 0 Å². The van der Waals surface area contributed by atoms with Gasteiger partial charge in [0.05, 0.1) is 7.11 Å². The van der Waals surface area contributed by atoms with Crippen LogP contribution in [0.25, 0.3) is 22.4 Å². The molecule has 0 spiro atoms. The molecule has 0 atom stereocenters. The van der Waals surface area contributed by atoms with Gasteiger partial charge >= 0.3 is 0 Å². The minimum Gasteiger partial charge on any atom is -0.497 e. The van der Waals surface area contributed by atoms with Gasteiger partial charge < -0.3 is 9.47 Å². The van der Waals surface area contributed by atoms with Crippen LogP contribution < -0.4 is 9.47 Å². The van der Waals surface area contributed by atoms with E-state index in [9.17, 15) is 13.2 Å². The van der Waals surface area contributed by atoms with Crippen LogP contribution in [0.4, 0.5) is 13.2 Å². The predicted molar refractivity (Wildman–Crippen MR) is 102 cm³/mol. The van der Waals surface area contributed by atoms with Gasteiger partial charge in [-0.05, 0) is 53.9 Å². The van der Waals surface area contributed by atoms with Crippen LogP contribution in [0.5, 0.6) is 11.5 Å². The Kier molecular flexibility index (Phi) is 5.50. The van der Waals surface area contributed by atoms with Crippen LogP contribution in [0, 0.1) is 5.82 Å². The topological polar surface area (TPSA) is 18.5 Å². The second-order valence-electron chi connectivity index (χ2n) is 5.77. The zero-order valence-corrected chi connectivity index (χ0v) is 14.6. The molecule has 3 aromatic carbocycles. The molecule has 0 saturated carbocycles. The Morgan fingerprint density at radius 2 is 1.67 bits per heavy atom. The molecule has 3 rings (SSSR count). The Bertz CT molecular complexity index is 1010.